The van der Waals surface area contributed by atoms with E-state index in [2.05, 4.69) is 43.0 Å². The molecule has 0 saturated carbocycles. The second kappa shape index (κ2) is 8.82. The van der Waals surface area contributed by atoms with Gasteiger partial charge in [0, 0.05) is 42.3 Å². The molecule has 0 N–H and O–H groups in total. The molecule has 172 valence electrons. The molecule has 0 radical (unpaired) electrons. The van der Waals surface area contributed by atoms with Crippen LogP contribution in [0.25, 0.3) is 21.9 Å². The number of hydrogen-bond donors (Lipinski definition) is 0. The van der Waals surface area contributed by atoms with Crippen LogP contribution in [0.3, 0.4) is 0 Å². The summed E-state index contributed by atoms with van der Waals surface area (Å²) in [6.45, 7) is 8.06. The molecular formula is C29H28N2O3. The number of hydrogen-bond acceptors (Lipinski definition) is 4. The van der Waals surface area contributed by atoms with Crippen molar-refractivity contribution in [1.82, 2.24) is 4.90 Å². The van der Waals surface area contributed by atoms with Crippen molar-refractivity contribution in [3.05, 3.63) is 100 Å². The van der Waals surface area contributed by atoms with Crippen molar-refractivity contribution in [2.24, 2.45) is 0 Å². The summed E-state index contributed by atoms with van der Waals surface area (Å²) in [6.07, 6.45) is 0. The normalized spacial score (nSPS) is 16.1. The van der Waals surface area contributed by atoms with Gasteiger partial charge >= 0.3 is 5.63 Å². The standard InChI is InChI=1S/C29H28N2O3/c1-19-11-13-22(14-12-19)26-24-9-4-5-10-25(24)29(33)34-27(26)28(32)30-15-16-31(21(3)18-30)23-8-6-7-20(2)17-23/h4-14,17,21H,15-16,18H2,1-3H3. The SMILES string of the molecule is Cc1ccc(-c2c(C(=O)N3CCN(c4cccc(C)c4)C(C)C3)oc(=O)c3ccccc23)cc1. The smallest absolute Gasteiger partial charge is 0.344 e. The Bertz CT molecular complexity index is 1420. The summed E-state index contributed by atoms with van der Waals surface area (Å²) in [5, 5.41) is 1.21. The molecule has 1 unspecified atom stereocenters. The quantitative estimate of drug-likeness (QED) is 0.416. The van der Waals surface area contributed by atoms with E-state index in [1.54, 1.807) is 6.07 Å². The summed E-state index contributed by atoms with van der Waals surface area (Å²) in [6, 6.07) is 23.9. The van der Waals surface area contributed by atoms with E-state index in [0.29, 0.717) is 30.6 Å². The third kappa shape index (κ3) is 3.98. The van der Waals surface area contributed by atoms with Gasteiger partial charge in [-0.05, 0) is 50.1 Å². The van der Waals surface area contributed by atoms with Crippen LogP contribution in [0, 0.1) is 13.8 Å². The summed E-state index contributed by atoms with van der Waals surface area (Å²) in [5.41, 5.74) is 4.55. The van der Waals surface area contributed by atoms with E-state index in [1.807, 2.05) is 54.3 Å². The number of piperazine rings is 1. The number of fused-ring (bicyclic) bond motifs is 1. The van der Waals surface area contributed by atoms with Crippen LogP contribution in [0.5, 0.6) is 0 Å². The van der Waals surface area contributed by atoms with Gasteiger partial charge in [-0.1, -0.05) is 60.2 Å². The number of benzene rings is 3. The van der Waals surface area contributed by atoms with E-state index < -0.39 is 5.63 Å². The maximum absolute atomic E-state index is 13.8. The Balaban J connectivity index is 1.53. The third-order valence-electron chi connectivity index (χ3n) is 6.62. The van der Waals surface area contributed by atoms with Crippen molar-refractivity contribution in [3.8, 4) is 11.1 Å². The van der Waals surface area contributed by atoms with Gasteiger partial charge in [0.1, 0.15) is 0 Å². The summed E-state index contributed by atoms with van der Waals surface area (Å²) in [7, 11) is 0. The number of carbonyl (C=O) groups is 1. The molecule has 1 saturated heterocycles. The summed E-state index contributed by atoms with van der Waals surface area (Å²) in [5.74, 6) is -0.127. The van der Waals surface area contributed by atoms with Gasteiger partial charge in [0.2, 0.25) is 5.76 Å². The second-order valence-electron chi connectivity index (χ2n) is 9.14. The van der Waals surface area contributed by atoms with E-state index in [1.165, 1.54) is 5.56 Å². The van der Waals surface area contributed by atoms with Crippen LogP contribution in [0.2, 0.25) is 0 Å². The highest BCUT2D eigenvalue weighted by Gasteiger charge is 2.31. The molecule has 0 aliphatic carbocycles. The molecular weight excluding hydrogens is 424 g/mol. The van der Waals surface area contributed by atoms with Gasteiger partial charge in [-0.2, -0.15) is 0 Å². The molecule has 1 aromatic heterocycles. The highest BCUT2D eigenvalue weighted by atomic mass is 16.4. The Kier molecular flexibility index (Phi) is 5.70. The third-order valence-corrected chi connectivity index (χ3v) is 6.62. The molecule has 1 fully saturated rings. The van der Waals surface area contributed by atoms with Crippen LogP contribution in [0.1, 0.15) is 28.6 Å². The summed E-state index contributed by atoms with van der Waals surface area (Å²) >= 11 is 0. The zero-order valence-electron chi connectivity index (χ0n) is 19.7. The highest BCUT2D eigenvalue weighted by molar-refractivity contribution is 6.07. The fourth-order valence-electron chi connectivity index (χ4n) is 4.83. The largest absolute Gasteiger partial charge is 0.416 e. The first-order valence-electron chi connectivity index (χ1n) is 11.7. The van der Waals surface area contributed by atoms with Crippen LogP contribution >= 0.6 is 0 Å². The maximum Gasteiger partial charge on any atom is 0.344 e. The number of aryl methyl sites for hydroxylation is 2. The van der Waals surface area contributed by atoms with Gasteiger partial charge in [-0.15, -0.1) is 0 Å². The highest BCUT2D eigenvalue weighted by Crippen LogP contribution is 2.32. The van der Waals surface area contributed by atoms with Crippen molar-refractivity contribution in [1.29, 1.82) is 0 Å². The number of rotatable bonds is 3. The number of amides is 1. The van der Waals surface area contributed by atoms with E-state index in [0.717, 1.165) is 22.2 Å². The monoisotopic (exact) mass is 452 g/mol. The molecule has 5 heteroatoms. The van der Waals surface area contributed by atoms with Gasteiger partial charge in [-0.3, -0.25) is 4.79 Å². The second-order valence-corrected chi connectivity index (χ2v) is 9.14. The molecule has 0 bridgehead atoms. The molecule has 1 aliphatic heterocycles. The first kappa shape index (κ1) is 22.0. The fraction of sp³-hybridized carbons (Fsp3) is 0.241. The van der Waals surface area contributed by atoms with Gasteiger partial charge in [-0.25, -0.2) is 4.79 Å². The van der Waals surface area contributed by atoms with Crippen LogP contribution < -0.4 is 10.5 Å². The molecule has 5 nitrogen and oxygen atoms in total. The number of anilines is 1. The minimum absolute atomic E-state index is 0.115. The predicted molar refractivity (Wildman–Crippen MR) is 137 cm³/mol. The van der Waals surface area contributed by atoms with Crippen LogP contribution in [-0.2, 0) is 0 Å². The number of carbonyl (C=O) groups excluding carboxylic acids is 1. The molecule has 2 heterocycles. The average Bonchev–Trinajstić information content (AvgIpc) is 2.84. The topological polar surface area (TPSA) is 53.8 Å². The zero-order valence-corrected chi connectivity index (χ0v) is 19.7. The van der Waals surface area contributed by atoms with Crippen molar-refractivity contribution >= 4 is 22.4 Å². The zero-order chi connectivity index (χ0) is 23.8. The molecule has 3 aromatic carbocycles. The van der Waals surface area contributed by atoms with Gasteiger partial charge in [0.05, 0.1) is 5.39 Å². The lowest BCUT2D eigenvalue weighted by atomic mass is 9.97. The van der Waals surface area contributed by atoms with Gasteiger partial charge in [0.15, 0.2) is 0 Å². The van der Waals surface area contributed by atoms with Crippen molar-refractivity contribution in [2.45, 2.75) is 26.8 Å². The molecule has 4 aromatic rings. The Morgan fingerprint density at radius 1 is 0.882 bits per heavy atom. The first-order chi connectivity index (χ1) is 16.4. The minimum atomic E-state index is -0.485. The maximum atomic E-state index is 13.8. The minimum Gasteiger partial charge on any atom is -0.416 e. The van der Waals surface area contributed by atoms with Crippen molar-refractivity contribution in [2.75, 3.05) is 24.5 Å². The van der Waals surface area contributed by atoms with Gasteiger partial charge < -0.3 is 14.2 Å². The van der Waals surface area contributed by atoms with Crippen LogP contribution in [0.15, 0.2) is 82.0 Å². The van der Waals surface area contributed by atoms with E-state index in [-0.39, 0.29) is 17.7 Å². The lowest BCUT2D eigenvalue weighted by molar-refractivity contribution is 0.0691. The lowest BCUT2D eigenvalue weighted by Crippen LogP contribution is -2.54. The molecule has 0 spiro atoms. The Labute approximate surface area is 199 Å². The Hall–Kier alpha value is -3.86. The number of nitrogens with zero attached hydrogens (tertiary/aromatic N) is 2. The first-order valence-corrected chi connectivity index (χ1v) is 11.7. The average molecular weight is 453 g/mol. The predicted octanol–water partition coefficient (Wildman–Crippen LogP) is 5.43. The van der Waals surface area contributed by atoms with Crippen molar-refractivity contribution in [3.63, 3.8) is 0 Å². The van der Waals surface area contributed by atoms with E-state index in [9.17, 15) is 9.59 Å². The van der Waals surface area contributed by atoms with Gasteiger partial charge in [0.25, 0.3) is 5.91 Å². The summed E-state index contributed by atoms with van der Waals surface area (Å²) in [4.78, 5) is 30.7. The van der Waals surface area contributed by atoms with Crippen LogP contribution in [-0.4, -0.2) is 36.5 Å². The fourth-order valence-corrected chi connectivity index (χ4v) is 4.83. The molecule has 1 aliphatic rings. The lowest BCUT2D eigenvalue weighted by Gasteiger charge is -2.41. The molecule has 34 heavy (non-hydrogen) atoms. The summed E-state index contributed by atoms with van der Waals surface area (Å²) < 4.78 is 5.72. The Morgan fingerprint density at radius 3 is 2.32 bits per heavy atom. The van der Waals surface area contributed by atoms with Crippen molar-refractivity contribution < 1.29 is 9.21 Å². The van der Waals surface area contributed by atoms with E-state index in [4.69, 9.17) is 4.42 Å². The van der Waals surface area contributed by atoms with Crippen LogP contribution in [0.4, 0.5) is 5.69 Å². The molecule has 1 atom stereocenters. The Morgan fingerprint density at radius 2 is 1.62 bits per heavy atom. The van der Waals surface area contributed by atoms with E-state index >= 15 is 0 Å². The molecule has 5 rings (SSSR count). The molecule has 1 amide bonds.